The summed E-state index contributed by atoms with van der Waals surface area (Å²) < 4.78 is 2.51. The molecule has 0 saturated heterocycles. The Labute approximate surface area is 344 Å². The second-order valence-electron chi connectivity index (χ2n) is 13.8. The molecule has 280 valence electrons. The Kier molecular flexibility index (Phi) is 12.4. The first-order chi connectivity index (χ1) is 28.4. The summed E-state index contributed by atoms with van der Waals surface area (Å²) in [4.78, 5) is 4.06. The van der Waals surface area contributed by atoms with Crippen LogP contribution in [-0.2, 0) is 6.54 Å². The van der Waals surface area contributed by atoms with Crippen LogP contribution >= 0.6 is 11.3 Å². The van der Waals surface area contributed by atoms with Crippen molar-refractivity contribution in [2.75, 3.05) is 0 Å². The van der Waals surface area contributed by atoms with E-state index in [2.05, 4.69) is 158 Å². The molecule has 0 aliphatic heterocycles. The van der Waals surface area contributed by atoms with Gasteiger partial charge in [0.25, 0.3) is 0 Å². The van der Waals surface area contributed by atoms with Crippen molar-refractivity contribution in [3.63, 3.8) is 0 Å². The fourth-order valence-electron chi connectivity index (χ4n) is 6.88. The molecule has 0 spiro atoms. The highest BCUT2D eigenvalue weighted by Crippen LogP contribution is 2.49. The van der Waals surface area contributed by atoms with Crippen molar-refractivity contribution in [3.8, 4) is 50.6 Å². The van der Waals surface area contributed by atoms with Gasteiger partial charge in [-0.2, -0.15) is 5.26 Å². The summed E-state index contributed by atoms with van der Waals surface area (Å²) in [7, 11) is 0. The Balaban J connectivity index is 0.000000266. The largest absolute Gasteiger partial charge is 0.384 e. The Hall–Kier alpha value is -7.39. The molecule has 3 N–H and O–H groups in total. The summed E-state index contributed by atoms with van der Waals surface area (Å²) >= 11 is 1.85. The number of aliphatic imine (C=N–C) groups is 1. The van der Waals surface area contributed by atoms with Crippen LogP contribution < -0.4 is 5.73 Å². The van der Waals surface area contributed by atoms with Crippen LogP contribution in [0.5, 0.6) is 0 Å². The Morgan fingerprint density at radius 3 is 1.64 bits per heavy atom. The summed E-state index contributed by atoms with van der Waals surface area (Å²) in [6.45, 7) is 6.34. The van der Waals surface area contributed by atoms with Gasteiger partial charge in [-0.15, -0.1) is 11.3 Å². The first-order valence-electron chi connectivity index (χ1n) is 19.0. The number of nitrogens with zero attached hydrogens (tertiary/aromatic N) is 2. The predicted octanol–water partition coefficient (Wildman–Crippen LogP) is 13.8. The molecular weight excluding hydrogens is 725 g/mol. The lowest BCUT2D eigenvalue weighted by atomic mass is 9.91. The molecule has 0 atom stereocenters. The van der Waals surface area contributed by atoms with Gasteiger partial charge in [-0.3, -0.25) is 10.4 Å². The third-order valence-corrected chi connectivity index (χ3v) is 11.1. The molecule has 0 amide bonds. The molecule has 0 aliphatic carbocycles. The zero-order chi connectivity index (χ0) is 40.3. The fraction of sp³-hybridized carbons (Fsp3) is 0.0377. The van der Waals surface area contributed by atoms with E-state index in [1.54, 1.807) is 0 Å². The number of aryl methyl sites for hydroxylation is 1. The Morgan fingerprint density at radius 1 is 0.586 bits per heavy atom. The van der Waals surface area contributed by atoms with E-state index in [1.807, 2.05) is 72.0 Å². The third-order valence-electron chi connectivity index (χ3n) is 9.82. The highest BCUT2D eigenvalue weighted by atomic mass is 32.1. The highest BCUT2D eigenvalue weighted by Gasteiger charge is 2.19. The van der Waals surface area contributed by atoms with Crippen LogP contribution in [0.1, 0.15) is 22.3 Å². The summed E-state index contributed by atoms with van der Waals surface area (Å²) in [5.74, 6) is 0.121. The number of rotatable bonds is 7. The second kappa shape index (κ2) is 18.5. The van der Waals surface area contributed by atoms with E-state index in [0.29, 0.717) is 12.1 Å². The number of fused-ring (bicyclic) bond motifs is 3. The zero-order valence-corrected chi connectivity index (χ0v) is 33.1. The number of amidine groups is 1. The molecule has 9 rings (SSSR count). The van der Waals surface area contributed by atoms with E-state index in [9.17, 15) is 5.26 Å². The van der Waals surface area contributed by atoms with Crippen LogP contribution in [0.25, 0.3) is 64.7 Å². The molecule has 5 heteroatoms. The standard InChI is InChI=1S/C39H26N2S.C7H8N2.C7H8/c1-41-25-27-14-18-30(19-15-27)33-20-21-34(31-16-12-26(24-40)13-17-31)39-37(33)36-23-32(28-8-4-2-5-9-28)22-35(38(36)42-39)29-10-6-3-7-11-29;8-7(9)6-4-2-1-3-5-6;1-7-5-3-2-4-6-7/h2-23H,1,25H2;1-5H,(H3,8,9);2-6H,1H3. The van der Waals surface area contributed by atoms with Gasteiger partial charge in [0, 0.05) is 31.3 Å². The van der Waals surface area contributed by atoms with E-state index in [-0.39, 0.29) is 5.84 Å². The van der Waals surface area contributed by atoms with Gasteiger partial charge in [-0.05, 0) is 82.4 Å². The maximum atomic E-state index is 9.38. The molecular formula is C53H42N4S. The average molecular weight is 767 g/mol. The van der Waals surface area contributed by atoms with Crippen LogP contribution in [0.15, 0.2) is 199 Å². The first-order valence-corrected chi connectivity index (χ1v) is 19.8. The molecule has 0 bridgehead atoms. The number of thiophene rings is 1. The summed E-state index contributed by atoms with van der Waals surface area (Å²) in [6, 6.07) is 68.8. The van der Waals surface area contributed by atoms with E-state index in [1.165, 1.54) is 64.7 Å². The van der Waals surface area contributed by atoms with Crippen molar-refractivity contribution in [2.45, 2.75) is 13.5 Å². The van der Waals surface area contributed by atoms with Gasteiger partial charge in [0.15, 0.2) is 0 Å². The van der Waals surface area contributed by atoms with Crippen molar-refractivity contribution in [1.29, 1.82) is 10.7 Å². The van der Waals surface area contributed by atoms with Crippen LogP contribution in [-0.4, -0.2) is 12.6 Å². The molecule has 1 aromatic heterocycles. The molecule has 58 heavy (non-hydrogen) atoms. The van der Waals surface area contributed by atoms with Crippen molar-refractivity contribution in [1.82, 2.24) is 0 Å². The summed E-state index contributed by atoms with van der Waals surface area (Å²) in [5, 5.41) is 18.9. The molecule has 1 heterocycles. The SMILES string of the molecule is C=NCc1ccc(-c2ccc(-c3ccc(C#N)cc3)c3sc4c(-c5ccccc5)cc(-c5ccccc5)cc4c23)cc1.Cc1ccccc1.N=C(N)c1ccccc1. The number of benzene rings is 8. The molecule has 0 fully saturated rings. The van der Waals surface area contributed by atoms with Crippen molar-refractivity contribution in [3.05, 3.63) is 216 Å². The number of hydrogen-bond donors (Lipinski definition) is 2. The minimum atomic E-state index is 0.121. The average Bonchev–Trinajstić information content (AvgIpc) is 3.68. The first kappa shape index (κ1) is 38.9. The molecule has 4 nitrogen and oxygen atoms in total. The topological polar surface area (TPSA) is 86.0 Å². The van der Waals surface area contributed by atoms with Gasteiger partial charge in [0.05, 0.1) is 18.2 Å². The van der Waals surface area contributed by atoms with Gasteiger partial charge in [-0.1, -0.05) is 175 Å². The van der Waals surface area contributed by atoms with E-state index >= 15 is 0 Å². The van der Waals surface area contributed by atoms with E-state index < -0.39 is 0 Å². The van der Waals surface area contributed by atoms with Crippen LogP contribution in [0.3, 0.4) is 0 Å². The van der Waals surface area contributed by atoms with E-state index in [0.717, 1.165) is 16.7 Å². The number of nitrogens with one attached hydrogen (secondary N) is 1. The van der Waals surface area contributed by atoms with Crippen LogP contribution in [0.2, 0.25) is 0 Å². The maximum absolute atomic E-state index is 9.38. The molecule has 9 aromatic rings. The number of hydrogen-bond acceptors (Lipinski definition) is 4. The molecule has 0 aliphatic rings. The Bertz CT molecular complexity index is 2820. The highest BCUT2D eigenvalue weighted by molar-refractivity contribution is 7.27. The molecule has 0 radical (unpaired) electrons. The van der Waals surface area contributed by atoms with Crippen LogP contribution in [0, 0.1) is 23.7 Å². The number of nitriles is 1. The van der Waals surface area contributed by atoms with Gasteiger partial charge in [0.1, 0.15) is 5.84 Å². The summed E-state index contributed by atoms with van der Waals surface area (Å²) in [6.07, 6.45) is 0. The maximum Gasteiger partial charge on any atom is 0.122 e. The minimum absolute atomic E-state index is 0.121. The smallest absolute Gasteiger partial charge is 0.122 e. The number of nitrogens with two attached hydrogens (primary N) is 1. The lowest BCUT2D eigenvalue weighted by molar-refractivity contribution is 1.08. The third kappa shape index (κ3) is 9.01. The normalized spacial score (nSPS) is 10.4. The van der Waals surface area contributed by atoms with Gasteiger partial charge in [-0.25, -0.2) is 0 Å². The fourth-order valence-corrected chi connectivity index (χ4v) is 8.25. The van der Waals surface area contributed by atoms with Gasteiger partial charge >= 0.3 is 0 Å². The lowest BCUT2D eigenvalue weighted by Crippen LogP contribution is -2.10. The van der Waals surface area contributed by atoms with Crippen LogP contribution in [0.4, 0.5) is 0 Å². The van der Waals surface area contributed by atoms with E-state index in [4.69, 9.17) is 11.1 Å². The zero-order valence-electron chi connectivity index (χ0n) is 32.3. The quantitative estimate of drug-likeness (QED) is 0.125. The second-order valence-corrected chi connectivity index (χ2v) is 14.8. The van der Waals surface area contributed by atoms with Gasteiger partial charge in [0.2, 0.25) is 0 Å². The Morgan fingerprint density at radius 2 is 1.10 bits per heavy atom. The molecule has 0 saturated carbocycles. The molecule has 0 unspecified atom stereocenters. The van der Waals surface area contributed by atoms with Crippen molar-refractivity contribution in [2.24, 2.45) is 10.7 Å². The monoisotopic (exact) mass is 766 g/mol. The predicted molar refractivity (Wildman–Crippen MR) is 248 cm³/mol. The lowest BCUT2D eigenvalue weighted by Gasteiger charge is -2.11. The summed E-state index contributed by atoms with van der Waals surface area (Å²) in [5.41, 5.74) is 18.6. The molecule has 8 aromatic carbocycles. The minimum Gasteiger partial charge on any atom is -0.384 e. The van der Waals surface area contributed by atoms with Crippen molar-refractivity contribution >= 4 is 44.1 Å². The van der Waals surface area contributed by atoms with Gasteiger partial charge < -0.3 is 5.73 Å². The van der Waals surface area contributed by atoms with Crippen molar-refractivity contribution < 1.29 is 0 Å². The number of nitrogen functional groups attached to an aromatic ring is 1.